The maximum Gasteiger partial charge on any atom is 0.166 e. The van der Waals surface area contributed by atoms with Gasteiger partial charge in [0.2, 0.25) is 0 Å². The zero-order chi connectivity index (χ0) is 12.1. The van der Waals surface area contributed by atoms with Crippen molar-refractivity contribution in [1.82, 2.24) is 0 Å². The summed E-state index contributed by atoms with van der Waals surface area (Å²) in [5, 5.41) is 8.35. The van der Waals surface area contributed by atoms with Crippen LogP contribution in [0.25, 0.3) is 0 Å². The van der Waals surface area contributed by atoms with Crippen LogP contribution in [0.1, 0.15) is 6.42 Å². The highest BCUT2D eigenvalue weighted by Gasteiger charge is 2.11. The Balaban J connectivity index is 2.80. The number of rotatable bonds is 4. The molecule has 5 heteroatoms. The number of carbonyl (C=O) groups is 1. The van der Waals surface area contributed by atoms with Crippen LogP contribution in [-0.4, -0.2) is 19.4 Å². The lowest BCUT2D eigenvalue weighted by Crippen LogP contribution is -2.26. The topological polar surface area (TPSA) is 44.1 Å². The Morgan fingerprint density at radius 1 is 1.62 bits per heavy atom. The molecule has 0 amide bonds. The molecule has 0 N–H and O–H groups in total. The summed E-state index contributed by atoms with van der Waals surface area (Å²) >= 11 is 3.23. The Labute approximate surface area is 102 Å². The van der Waals surface area contributed by atoms with Gasteiger partial charge in [0, 0.05) is 11.5 Å². The Morgan fingerprint density at radius 3 is 2.94 bits per heavy atom. The van der Waals surface area contributed by atoms with E-state index in [0.29, 0.717) is 5.69 Å². The van der Waals surface area contributed by atoms with Gasteiger partial charge in [0.05, 0.1) is 24.7 Å². The third kappa shape index (κ3) is 3.31. The van der Waals surface area contributed by atoms with Gasteiger partial charge in [-0.1, -0.05) is 15.9 Å². The van der Waals surface area contributed by atoms with Crippen LogP contribution in [0, 0.1) is 17.1 Å². The lowest BCUT2D eigenvalue weighted by Gasteiger charge is -2.18. The number of nitriles is 1. The van der Waals surface area contributed by atoms with E-state index in [9.17, 15) is 9.18 Å². The summed E-state index contributed by atoms with van der Waals surface area (Å²) in [6.07, 6.45) is -0.153. The molecule has 0 aliphatic heterocycles. The Kier molecular flexibility index (Phi) is 4.44. The van der Waals surface area contributed by atoms with E-state index in [0.717, 1.165) is 4.47 Å². The van der Waals surface area contributed by atoms with Crippen LogP contribution >= 0.6 is 15.9 Å². The number of benzene rings is 1. The molecule has 84 valence electrons. The van der Waals surface area contributed by atoms with Crippen molar-refractivity contribution in [2.45, 2.75) is 6.42 Å². The smallest absolute Gasteiger partial charge is 0.166 e. The van der Waals surface area contributed by atoms with E-state index in [1.54, 1.807) is 25.2 Å². The fourth-order valence-corrected chi connectivity index (χ4v) is 1.62. The molecule has 3 nitrogen and oxygen atoms in total. The highest BCUT2D eigenvalue weighted by atomic mass is 79.9. The van der Waals surface area contributed by atoms with Crippen LogP contribution in [0.15, 0.2) is 22.7 Å². The monoisotopic (exact) mass is 284 g/mol. The van der Waals surface area contributed by atoms with Crippen LogP contribution in [0.5, 0.6) is 0 Å². The first-order valence-corrected chi connectivity index (χ1v) is 5.38. The number of hydrogen-bond donors (Lipinski definition) is 0. The molecule has 0 aromatic heterocycles. The third-order valence-corrected chi connectivity index (χ3v) is 2.50. The second-order valence-corrected chi connectivity index (χ2v) is 4.24. The molecule has 0 aliphatic carbocycles. The molecule has 0 saturated heterocycles. The number of likely N-dealkylation sites (N-methyl/N-ethyl adjacent to an activating group) is 1. The van der Waals surface area contributed by atoms with E-state index >= 15 is 0 Å². The molecule has 0 spiro atoms. The number of hydrogen-bond acceptors (Lipinski definition) is 3. The lowest BCUT2D eigenvalue weighted by atomic mass is 10.2. The van der Waals surface area contributed by atoms with E-state index < -0.39 is 5.82 Å². The summed E-state index contributed by atoms with van der Waals surface area (Å²) < 4.78 is 14.2. The molecule has 1 aromatic carbocycles. The van der Waals surface area contributed by atoms with Crippen LogP contribution in [-0.2, 0) is 4.79 Å². The molecule has 1 rings (SSSR count). The highest BCUT2D eigenvalue weighted by Crippen LogP contribution is 2.22. The number of halogens is 2. The van der Waals surface area contributed by atoms with Crippen LogP contribution in [0.4, 0.5) is 10.1 Å². The van der Waals surface area contributed by atoms with Crippen molar-refractivity contribution in [1.29, 1.82) is 5.26 Å². The summed E-state index contributed by atoms with van der Waals surface area (Å²) in [5.74, 6) is -0.625. The average molecular weight is 285 g/mol. The SMILES string of the molecule is CN(CC(=O)CC#N)c1cc(Br)ccc1F. The molecule has 0 radical (unpaired) electrons. The molecular formula is C11H10BrFN2O. The average Bonchev–Trinajstić information content (AvgIpc) is 2.21. The highest BCUT2D eigenvalue weighted by molar-refractivity contribution is 9.10. The first-order valence-electron chi connectivity index (χ1n) is 4.59. The fourth-order valence-electron chi connectivity index (χ4n) is 1.27. The minimum atomic E-state index is -0.393. The van der Waals surface area contributed by atoms with Crippen molar-refractivity contribution >= 4 is 27.4 Å². The van der Waals surface area contributed by atoms with Gasteiger partial charge >= 0.3 is 0 Å². The molecule has 0 aliphatic rings. The summed E-state index contributed by atoms with van der Waals surface area (Å²) in [4.78, 5) is 12.7. The number of carbonyl (C=O) groups excluding carboxylic acids is 1. The van der Waals surface area contributed by atoms with E-state index in [2.05, 4.69) is 15.9 Å². The molecule has 0 saturated carbocycles. The van der Waals surface area contributed by atoms with E-state index in [4.69, 9.17) is 5.26 Å². The molecule has 1 aromatic rings. The van der Waals surface area contributed by atoms with Crippen molar-refractivity contribution in [3.05, 3.63) is 28.5 Å². The maximum atomic E-state index is 13.4. The molecule has 0 unspecified atom stereocenters. The third-order valence-electron chi connectivity index (χ3n) is 2.01. The Bertz CT molecular complexity index is 442. The number of nitrogens with zero attached hydrogens (tertiary/aromatic N) is 2. The number of ketones is 1. The van der Waals surface area contributed by atoms with Gasteiger partial charge in [0.25, 0.3) is 0 Å². The van der Waals surface area contributed by atoms with Gasteiger partial charge in [-0.15, -0.1) is 0 Å². The predicted molar refractivity (Wildman–Crippen MR) is 62.6 cm³/mol. The first kappa shape index (κ1) is 12.7. The molecule has 0 bridgehead atoms. The van der Waals surface area contributed by atoms with Crippen molar-refractivity contribution in [2.24, 2.45) is 0 Å². The van der Waals surface area contributed by atoms with Gasteiger partial charge in [-0.05, 0) is 18.2 Å². The van der Waals surface area contributed by atoms with Crippen molar-refractivity contribution in [3.63, 3.8) is 0 Å². The summed E-state index contributed by atoms with van der Waals surface area (Å²) in [7, 11) is 1.61. The van der Waals surface area contributed by atoms with Gasteiger partial charge in [-0.3, -0.25) is 4.79 Å². The van der Waals surface area contributed by atoms with Crippen molar-refractivity contribution < 1.29 is 9.18 Å². The van der Waals surface area contributed by atoms with E-state index in [-0.39, 0.29) is 18.7 Å². The van der Waals surface area contributed by atoms with Gasteiger partial charge in [-0.25, -0.2) is 4.39 Å². The maximum absolute atomic E-state index is 13.4. The normalized spacial score (nSPS) is 9.62. The number of anilines is 1. The van der Waals surface area contributed by atoms with Gasteiger partial charge in [-0.2, -0.15) is 5.26 Å². The minimum absolute atomic E-state index is 0.0287. The predicted octanol–water partition coefficient (Wildman–Crippen LogP) is 2.51. The van der Waals surface area contributed by atoms with E-state index in [1.165, 1.54) is 11.0 Å². The fraction of sp³-hybridized carbons (Fsp3) is 0.273. The van der Waals surface area contributed by atoms with Crippen molar-refractivity contribution in [3.8, 4) is 6.07 Å². The minimum Gasteiger partial charge on any atom is -0.365 e. The van der Waals surface area contributed by atoms with Crippen LogP contribution in [0.2, 0.25) is 0 Å². The standard InChI is InChI=1S/C11H10BrFN2O/c1-15(7-9(16)4-5-14)11-6-8(12)2-3-10(11)13/h2-3,6H,4,7H2,1H3. The molecule has 0 fully saturated rings. The van der Waals surface area contributed by atoms with Gasteiger partial charge < -0.3 is 4.90 Å². The van der Waals surface area contributed by atoms with Crippen molar-refractivity contribution in [2.75, 3.05) is 18.5 Å². The zero-order valence-electron chi connectivity index (χ0n) is 8.70. The number of Topliss-reactive ketones (excluding diaryl/α,β-unsaturated/α-hetero) is 1. The van der Waals surface area contributed by atoms with Gasteiger partial charge in [0.15, 0.2) is 5.78 Å². The molecule has 0 heterocycles. The Hall–Kier alpha value is -1.41. The summed E-state index contributed by atoms with van der Waals surface area (Å²) in [6.45, 7) is 0.0287. The molecular weight excluding hydrogens is 275 g/mol. The second kappa shape index (κ2) is 5.61. The first-order chi connectivity index (χ1) is 7.54. The largest absolute Gasteiger partial charge is 0.365 e. The Morgan fingerprint density at radius 2 is 2.31 bits per heavy atom. The molecule has 0 atom stereocenters. The van der Waals surface area contributed by atoms with Gasteiger partial charge in [0.1, 0.15) is 5.82 Å². The van der Waals surface area contributed by atoms with Crippen LogP contribution in [0.3, 0.4) is 0 Å². The van der Waals surface area contributed by atoms with E-state index in [1.807, 2.05) is 0 Å². The van der Waals surface area contributed by atoms with Crippen LogP contribution < -0.4 is 4.90 Å². The zero-order valence-corrected chi connectivity index (χ0v) is 10.3. The summed E-state index contributed by atoms with van der Waals surface area (Å²) in [6, 6.07) is 6.27. The lowest BCUT2D eigenvalue weighted by molar-refractivity contribution is -0.116. The summed E-state index contributed by atoms with van der Waals surface area (Å²) in [5.41, 5.74) is 0.334. The second-order valence-electron chi connectivity index (χ2n) is 3.33. The quantitative estimate of drug-likeness (QED) is 0.853. The molecule has 16 heavy (non-hydrogen) atoms.